The van der Waals surface area contributed by atoms with Gasteiger partial charge in [-0.15, -0.1) is 0 Å². The second kappa shape index (κ2) is 4.24. The highest BCUT2D eigenvalue weighted by molar-refractivity contribution is 7.92. The molecule has 2 bridgehead atoms. The van der Waals surface area contributed by atoms with Crippen LogP contribution in [0.15, 0.2) is 0 Å². The van der Waals surface area contributed by atoms with E-state index in [1.165, 1.54) is 0 Å². The normalized spacial score (nSPS) is 39.6. The molecular weight excluding hydrogens is 242 g/mol. The Balaban J connectivity index is 2.24. The summed E-state index contributed by atoms with van der Waals surface area (Å²) in [5.41, 5.74) is 4.96. The quantitative estimate of drug-likeness (QED) is 0.726. The Morgan fingerprint density at radius 1 is 1.35 bits per heavy atom. The summed E-state index contributed by atoms with van der Waals surface area (Å²) < 4.78 is 29.1. The first-order valence-electron chi connectivity index (χ1n) is 6.09. The Labute approximate surface area is 102 Å². The standard InChI is InChI=1S/C11H19NO4S/c1-2-16-10(13)11(12)6-8-4-3-5-9(7-11)17(8,14)15/h8-9H,2-7,12H2,1H3. The van der Waals surface area contributed by atoms with E-state index in [1.807, 2.05) is 0 Å². The molecule has 2 atom stereocenters. The van der Waals surface area contributed by atoms with Gasteiger partial charge in [0.05, 0.1) is 17.1 Å². The Bertz CT molecular complexity index is 397. The number of ether oxygens (including phenoxy) is 1. The minimum Gasteiger partial charge on any atom is -0.465 e. The second-order valence-corrected chi connectivity index (χ2v) is 7.56. The lowest BCUT2D eigenvalue weighted by atomic mass is 9.83. The highest BCUT2D eigenvalue weighted by atomic mass is 32.2. The first-order valence-corrected chi connectivity index (χ1v) is 7.70. The van der Waals surface area contributed by atoms with Crippen LogP contribution in [0.5, 0.6) is 0 Å². The summed E-state index contributed by atoms with van der Waals surface area (Å²) in [6, 6.07) is 0. The third-order valence-corrected chi connectivity index (χ3v) is 6.51. The van der Waals surface area contributed by atoms with Gasteiger partial charge in [0.25, 0.3) is 0 Å². The van der Waals surface area contributed by atoms with Crippen LogP contribution in [-0.2, 0) is 19.4 Å². The molecule has 2 rings (SSSR count). The number of carbonyl (C=O) groups excluding carboxylic acids is 1. The largest absolute Gasteiger partial charge is 0.465 e. The molecule has 0 amide bonds. The smallest absolute Gasteiger partial charge is 0.326 e. The van der Waals surface area contributed by atoms with Gasteiger partial charge in [0.15, 0.2) is 9.84 Å². The van der Waals surface area contributed by atoms with E-state index in [1.54, 1.807) is 6.92 Å². The van der Waals surface area contributed by atoms with Crippen molar-refractivity contribution in [3.63, 3.8) is 0 Å². The molecule has 2 unspecified atom stereocenters. The minimum atomic E-state index is -3.07. The van der Waals surface area contributed by atoms with Crippen LogP contribution in [0.25, 0.3) is 0 Å². The molecule has 0 spiro atoms. The molecule has 0 radical (unpaired) electrons. The van der Waals surface area contributed by atoms with Crippen LogP contribution in [0.3, 0.4) is 0 Å². The Morgan fingerprint density at radius 3 is 2.35 bits per heavy atom. The lowest BCUT2D eigenvalue weighted by Gasteiger charge is -2.42. The van der Waals surface area contributed by atoms with Crippen LogP contribution < -0.4 is 5.73 Å². The summed E-state index contributed by atoms with van der Waals surface area (Å²) in [4.78, 5) is 11.8. The summed E-state index contributed by atoms with van der Waals surface area (Å²) in [5, 5.41) is -0.909. The molecule has 0 aromatic heterocycles. The van der Waals surface area contributed by atoms with E-state index in [9.17, 15) is 13.2 Å². The fourth-order valence-electron chi connectivity index (χ4n) is 2.95. The Kier molecular flexibility index (Phi) is 3.20. The molecule has 6 heteroatoms. The van der Waals surface area contributed by atoms with Crippen molar-refractivity contribution >= 4 is 15.8 Å². The number of sulfone groups is 1. The van der Waals surface area contributed by atoms with Crippen LogP contribution in [0.1, 0.15) is 39.0 Å². The van der Waals surface area contributed by atoms with E-state index in [-0.39, 0.29) is 19.4 Å². The zero-order chi connectivity index (χ0) is 12.7. The maximum atomic E-state index is 12.1. The molecule has 98 valence electrons. The topological polar surface area (TPSA) is 86.5 Å². The molecule has 0 aromatic carbocycles. The van der Waals surface area contributed by atoms with Crippen LogP contribution in [0.4, 0.5) is 0 Å². The van der Waals surface area contributed by atoms with Crippen molar-refractivity contribution < 1.29 is 17.9 Å². The predicted molar refractivity (Wildman–Crippen MR) is 63.1 cm³/mol. The third kappa shape index (κ3) is 2.08. The number of fused-ring (bicyclic) bond motifs is 2. The molecule has 0 saturated carbocycles. The highest BCUT2D eigenvalue weighted by Crippen LogP contribution is 2.40. The van der Waals surface area contributed by atoms with E-state index in [2.05, 4.69) is 0 Å². The van der Waals surface area contributed by atoms with Gasteiger partial charge in [0.1, 0.15) is 5.54 Å². The lowest BCUT2D eigenvalue weighted by molar-refractivity contribution is -0.150. The van der Waals surface area contributed by atoms with Gasteiger partial charge in [-0.25, -0.2) is 8.42 Å². The van der Waals surface area contributed by atoms with Crippen molar-refractivity contribution in [2.75, 3.05) is 6.61 Å². The van der Waals surface area contributed by atoms with Gasteiger partial charge in [0.2, 0.25) is 0 Å². The zero-order valence-electron chi connectivity index (χ0n) is 10.0. The van der Waals surface area contributed by atoms with Crippen LogP contribution in [0.2, 0.25) is 0 Å². The van der Waals surface area contributed by atoms with Gasteiger partial charge in [0, 0.05) is 0 Å². The van der Waals surface area contributed by atoms with Gasteiger partial charge in [-0.3, -0.25) is 4.79 Å². The first kappa shape index (κ1) is 12.8. The van der Waals surface area contributed by atoms with Crippen molar-refractivity contribution in [2.45, 2.75) is 55.1 Å². The van der Waals surface area contributed by atoms with E-state index in [0.29, 0.717) is 12.8 Å². The fraction of sp³-hybridized carbons (Fsp3) is 0.909. The molecule has 0 aromatic rings. The molecule has 2 fully saturated rings. The van der Waals surface area contributed by atoms with Gasteiger partial charge < -0.3 is 10.5 Å². The molecule has 0 aliphatic carbocycles. The van der Waals surface area contributed by atoms with Crippen LogP contribution >= 0.6 is 0 Å². The average molecular weight is 261 g/mol. The number of rotatable bonds is 2. The fourth-order valence-corrected chi connectivity index (χ4v) is 5.54. The van der Waals surface area contributed by atoms with Crippen molar-refractivity contribution in [1.82, 2.24) is 0 Å². The molecule has 2 heterocycles. The number of nitrogens with two attached hydrogens (primary N) is 1. The average Bonchev–Trinajstić information content (AvgIpc) is 2.21. The van der Waals surface area contributed by atoms with Gasteiger partial charge in [-0.05, 0) is 32.6 Å². The zero-order valence-corrected chi connectivity index (χ0v) is 10.8. The second-order valence-electron chi connectivity index (χ2n) is 5.05. The Morgan fingerprint density at radius 2 is 1.88 bits per heavy atom. The van der Waals surface area contributed by atoms with E-state index < -0.39 is 31.8 Å². The maximum absolute atomic E-state index is 12.1. The van der Waals surface area contributed by atoms with Crippen molar-refractivity contribution in [1.29, 1.82) is 0 Å². The summed E-state index contributed by atoms with van der Waals surface area (Å²) >= 11 is 0. The molecule has 2 saturated heterocycles. The number of esters is 1. The van der Waals surface area contributed by atoms with E-state index in [0.717, 1.165) is 6.42 Å². The third-order valence-electron chi connectivity index (χ3n) is 3.85. The number of hydrogen-bond donors (Lipinski definition) is 1. The number of carbonyl (C=O) groups is 1. The maximum Gasteiger partial charge on any atom is 0.326 e. The highest BCUT2D eigenvalue weighted by Gasteiger charge is 2.53. The van der Waals surface area contributed by atoms with Gasteiger partial charge in [-0.1, -0.05) is 6.42 Å². The van der Waals surface area contributed by atoms with Gasteiger partial charge in [-0.2, -0.15) is 0 Å². The van der Waals surface area contributed by atoms with E-state index >= 15 is 0 Å². The van der Waals surface area contributed by atoms with Crippen LogP contribution in [0, 0.1) is 0 Å². The molecular formula is C11H19NO4S. The first-order chi connectivity index (χ1) is 7.90. The van der Waals surface area contributed by atoms with Crippen molar-refractivity contribution in [3.8, 4) is 0 Å². The summed E-state index contributed by atoms with van der Waals surface area (Å²) in [5.74, 6) is -0.452. The number of hydrogen-bond acceptors (Lipinski definition) is 5. The summed E-state index contributed by atoms with van der Waals surface area (Å²) in [6.07, 6.45) is 2.58. The molecule has 5 nitrogen and oxygen atoms in total. The lowest BCUT2D eigenvalue weighted by Crippen LogP contribution is -2.60. The van der Waals surface area contributed by atoms with E-state index in [4.69, 9.17) is 10.5 Å². The monoisotopic (exact) mass is 261 g/mol. The van der Waals surface area contributed by atoms with Crippen molar-refractivity contribution in [3.05, 3.63) is 0 Å². The summed E-state index contributed by atoms with van der Waals surface area (Å²) in [6.45, 7) is 2.00. The summed E-state index contributed by atoms with van der Waals surface area (Å²) in [7, 11) is -3.07. The Hall–Kier alpha value is -0.620. The molecule has 17 heavy (non-hydrogen) atoms. The molecule has 2 N–H and O–H groups in total. The predicted octanol–water partition coefficient (Wildman–Crippen LogP) is 0.377. The molecule has 2 aliphatic heterocycles. The molecule has 2 aliphatic rings. The van der Waals surface area contributed by atoms with Gasteiger partial charge >= 0.3 is 5.97 Å². The SMILES string of the molecule is CCOC(=O)C1(N)CC2CCCC(C1)S2(=O)=O. The minimum absolute atomic E-state index is 0.213. The van der Waals surface area contributed by atoms with Crippen LogP contribution in [-0.4, -0.2) is 37.0 Å². The van der Waals surface area contributed by atoms with Crippen molar-refractivity contribution in [2.24, 2.45) is 5.73 Å².